The Morgan fingerprint density at radius 3 is 1.70 bits per heavy atom. The normalized spacial score (nSPS) is 17.0. The maximum absolute atomic E-state index is 14.2. The van der Waals surface area contributed by atoms with Crippen molar-refractivity contribution >= 4 is 82.9 Å². The quantitative estimate of drug-likeness (QED) is 0.0219. The molecule has 0 spiro atoms. The zero-order valence-corrected chi connectivity index (χ0v) is 72.2. The lowest BCUT2D eigenvalue weighted by Gasteiger charge is -2.38. The molecule has 0 radical (unpaired) electrons. The highest BCUT2D eigenvalue weighted by Crippen LogP contribution is 2.32. The van der Waals surface area contributed by atoms with Crippen LogP contribution in [0.5, 0.6) is 5.75 Å². The van der Waals surface area contributed by atoms with Gasteiger partial charge in [-0.25, -0.2) is 14.4 Å². The zero-order valence-electron chi connectivity index (χ0n) is 72.2. The number of imide groups is 1. The number of carboxylic acid groups (broad SMARTS) is 1. The van der Waals surface area contributed by atoms with Crippen LogP contribution < -0.4 is 42.0 Å². The predicted molar refractivity (Wildman–Crippen MR) is 450 cm³/mol. The van der Waals surface area contributed by atoms with E-state index in [1.54, 1.807) is 75.5 Å². The van der Waals surface area contributed by atoms with Gasteiger partial charge in [-0.15, -0.1) is 0 Å². The number of rotatable bonds is 65. The van der Waals surface area contributed by atoms with E-state index in [0.29, 0.717) is 168 Å². The van der Waals surface area contributed by atoms with Gasteiger partial charge in [-0.2, -0.15) is 0 Å². The third-order valence-corrected chi connectivity index (χ3v) is 18.9. The lowest BCUT2D eigenvalue weighted by atomic mass is 9.91. The molecule has 6 rings (SSSR count). The molecule has 0 saturated carbocycles. The molecule has 0 bridgehead atoms. The highest BCUT2D eigenvalue weighted by Gasteiger charge is 2.48. The first-order chi connectivity index (χ1) is 60.9. The van der Waals surface area contributed by atoms with Gasteiger partial charge in [0.05, 0.1) is 164 Å². The second-order valence-corrected chi connectivity index (χ2v) is 29.9. The largest absolute Gasteiger partial charge is 0.479 e. The van der Waals surface area contributed by atoms with Crippen molar-refractivity contribution in [1.29, 1.82) is 0 Å². The summed E-state index contributed by atoms with van der Waals surface area (Å²) >= 11 is 0. The van der Waals surface area contributed by atoms with Crippen molar-refractivity contribution in [1.82, 2.24) is 41.4 Å². The Morgan fingerprint density at radius 2 is 1.14 bits per heavy atom. The number of ether oxygens (including phenoxy) is 16. The van der Waals surface area contributed by atoms with E-state index < -0.39 is 122 Å². The van der Waals surface area contributed by atoms with Gasteiger partial charge in [0.15, 0.2) is 6.10 Å². The van der Waals surface area contributed by atoms with Crippen molar-refractivity contribution in [3.8, 4) is 5.75 Å². The number of likely N-dealkylation sites (tertiary alicyclic amines) is 1. The number of nitrogens with zero attached hydrogens (tertiary/aromatic N) is 3. The van der Waals surface area contributed by atoms with Gasteiger partial charge < -0.3 is 133 Å². The van der Waals surface area contributed by atoms with E-state index in [2.05, 4.69) is 42.2 Å². The van der Waals surface area contributed by atoms with Gasteiger partial charge in [0.1, 0.15) is 48.4 Å². The van der Waals surface area contributed by atoms with Crippen LogP contribution in [0.4, 0.5) is 21.0 Å². The minimum absolute atomic E-state index is 0.00889. The van der Waals surface area contributed by atoms with Crippen molar-refractivity contribution in [2.45, 2.75) is 140 Å². The number of alkyl carbamates (subject to hydrolysis) is 1. The zero-order chi connectivity index (χ0) is 90.9. The number of hydrogen-bond donors (Lipinski definition) is 11. The van der Waals surface area contributed by atoms with Crippen LogP contribution in [0.25, 0.3) is 6.08 Å². The molecule has 11 N–H and O–H groups in total. The van der Waals surface area contributed by atoms with Crippen molar-refractivity contribution < 1.29 is 149 Å². The third kappa shape index (κ3) is 43.6. The van der Waals surface area contributed by atoms with Crippen molar-refractivity contribution in [2.75, 3.05) is 209 Å². The number of anilines is 2. The molecule has 3 aliphatic heterocycles. The van der Waals surface area contributed by atoms with Crippen LogP contribution in [0.2, 0.25) is 0 Å². The molecule has 2 aromatic carbocycles. The van der Waals surface area contributed by atoms with E-state index in [1.807, 2.05) is 6.07 Å². The molecule has 41 nitrogen and oxygen atoms in total. The summed E-state index contributed by atoms with van der Waals surface area (Å²) in [6.45, 7) is 14.3. The van der Waals surface area contributed by atoms with E-state index in [0.717, 1.165) is 49.8 Å². The van der Waals surface area contributed by atoms with Gasteiger partial charge in [0.25, 0.3) is 17.7 Å². The van der Waals surface area contributed by atoms with Gasteiger partial charge in [-0.05, 0) is 119 Å². The van der Waals surface area contributed by atoms with Crippen LogP contribution >= 0.6 is 0 Å². The van der Waals surface area contributed by atoms with Gasteiger partial charge in [0.2, 0.25) is 35.8 Å². The first-order valence-electron chi connectivity index (χ1n) is 42.3. The Morgan fingerprint density at radius 1 is 0.579 bits per heavy atom. The monoisotopic (exact) mass is 1780 g/mol. The predicted octanol–water partition coefficient (Wildman–Crippen LogP) is 2.21. The van der Waals surface area contributed by atoms with Gasteiger partial charge in [0, 0.05) is 94.5 Å². The maximum Gasteiger partial charge on any atom is 0.411 e. The number of aliphatic carboxylic acids is 1. The highest BCUT2D eigenvalue weighted by atomic mass is 16.7. The fourth-order valence-corrected chi connectivity index (χ4v) is 12.3. The van der Waals surface area contributed by atoms with E-state index in [1.165, 1.54) is 30.3 Å². The molecule has 1 aromatic heterocycles. The van der Waals surface area contributed by atoms with Crippen molar-refractivity contribution in [3.05, 3.63) is 102 Å². The molecule has 702 valence electrons. The topological polar surface area (TPSA) is 520 Å². The first kappa shape index (κ1) is 105. The molecule has 3 aliphatic rings. The second-order valence-electron chi connectivity index (χ2n) is 29.9. The summed E-state index contributed by atoms with van der Waals surface area (Å²) in [7, 11) is 1.62. The fourth-order valence-electron chi connectivity index (χ4n) is 12.3. The second kappa shape index (κ2) is 61.6. The van der Waals surface area contributed by atoms with E-state index in [4.69, 9.17) is 75.8 Å². The Balaban J connectivity index is 0.907. The van der Waals surface area contributed by atoms with Gasteiger partial charge in [-0.1, -0.05) is 31.0 Å². The summed E-state index contributed by atoms with van der Waals surface area (Å²) in [5, 5.41) is 60.0. The molecule has 0 unspecified atom stereocenters. The smallest absolute Gasteiger partial charge is 0.411 e. The molecule has 2 saturated heterocycles. The van der Waals surface area contributed by atoms with Crippen LogP contribution in [0.1, 0.15) is 106 Å². The number of piperidine rings is 1. The standard InChI is InChI=1S/C85H126N10O31/c1-85(2,3)126-83(109)90-58-67(95-72(99)20-21-73(95)100)79(105)93-65(15-6-8-28-88-70(97)25-32-112-35-36-114-39-40-116-43-44-118-47-48-120-51-52-122-54-53-121-50-49-119-46-45-117-42-41-115-38-37-113-34-33-111-4)78(104)89-29-22-71(98)92-66-55-62(16-18-68(66)124-82-76(103)74(101)75(102)77(125-82)81(107)108)59-123-84(110)91-64-14-9-13-63(56-64)80(106)94-30-23-60(24-31-94)11-5-7-27-87-69(96)19-17-61-12-10-26-86-57-61/h9-10,12-14,16-21,26,55-57,60,65,67,74-77,82,101-103H,5-8,11,15,22-25,27-54,58-59H2,1-4H3,(H,87,96)(H,88,97)(H,89,104)(H,90,109)(H,91,110)(H,92,98)(H,93,105)(H,107,108)/b19-17+/t65-,67-,74-,75-,76+,77-,82+/m0/s1. The average Bonchev–Trinajstić information content (AvgIpc) is 0.977. The maximum atomic E-state index is 14.2. The molecular formula is C85H126N10O31. The number of amides is 10. The summed E-state index contributed by atoms with van der Waals surface area (Å²) in [4.78, 5) is 152. The minimum atomic E-state index is -2.08. The number of aromatic nitrogens is 1. The summed E-state index contributed by atoms with van der Waals surface area (Å²) in [6, 6.07) is 10.7. The third-order valence-electron chi connectivity index (χ3n) is 18.9. The average molecular weight is 1780 g/mol. The number of aliphatic hydroxyl groups excluding tert-OH is 3. The van der Waals surface area contributed by atoms with Crippen LogP contribution in [-0.2, 0) is 116 Å². The number of benzene rings is 2. The van der Waals surface area contributed by atoms with E-state index in [9.17, 15) is 73.2 Å². The molecule has 10 amide bonds. The number of hydrogen-bond acceptors (Lipinski definition) is 31. The van der Waals surface area contributed by atoms with Crippen LogP contribution in [-0.4, -0.2) is 347 Å². The first-order valence-corrected chi connectivity index (χ1v) is 42.3. The number of nitrogens with one attached hydrogen (secondary N) is 7. The SMILES string of the molecule is COCCOCCOCCOCCOCCOCCOCCOCCOCCOCCOCCOCCC(=O)NCCCC[C@H](NC(=O)[C@H](CNC(=O)OC(C)(C)C)N1C(=O)C=CC1=O)C(=O)NCCC(=O)Nc1cc(COC(=O)Nc2cccc(C(=O)N3CCC(CCCCNC(=O)/C=C/c4cccnc4)CC3)c2)ccc1O[C@@H]1O[C@H](C(=O)O)[C@@H](O)[C@H](O)[C@H]1O. The number of unbranched alkanes of at least 4 members (excludes halogenated alkanes) is 2. The van der Waals surface area contributed by atoms with Gasteiger partial charge >= 0.3 is 18.2 Å². The molecule has 0 aliphatic carbocycles. The fraction of sp³-hybridized carbons (Fsp3) is 0.624. The Kier molecular flexibility index (Phi) is 51.3. The molecule has 2 fully saturated rings. The summed E-state index contributed by atoms with van der Waals surface area (Å²) < 4.78 is 87.4. The van der Waals surface area contributed by atoms with E-state index >= 15 is 0 Å². The van der Waals surface area contributed by atoms with E-state index in [-0.39, 0.29) is 92.5 Å². The molecule has 41 heteroatoms. The number of methoxy groups -OCH3 is 1. The lowest BCUT2D eigenvalue weighted by Crippen LogP contribution is -2.61. The highest BCUT2D eigenvalue weighted by molar-refractivity contribution is 6.15. The lowest BCUT2D eigenvalue weighted by molar-refractivity contribution is -0.271. The molecule has 126 heavy (non-hydrogen) atoms. The molecule has 7 atom stereocenters. The Labute approximate surface area is 732 Å². The molecule has 4 heterocycles. The summed E-state index contributed by atoms with van der Waals surface area (Å²) in [5.74, 6) is -6.80. The van der Waals surface area contributed by atoms with Crippen LogP contribution in [0.3, 0.4) is 0 Å². The number of carbonyl (C=O) groups is 11. The number of aliphatic hydroxyl groups is 3. The van der Waals surface area contributed by atoms with Crippen molar-refractivity contribution in [2.24, 2.45) is 5.92 Å². The number of carbonyl (C=O) groups excluding carboxylic acids is 10. The Hall–Kier alpha value is -9.80. The molecular weight excluding hydrogens is 1660 g/mol. The number of pyridine rings is 1. The van der Waals surface area contributed by atoms with Gasteiger partial charge in [-0.3, -0.25) is 53.6 Å². The summed E-state index contributed by atoms with van der Waals surface area (Å²) in [5.41, 5.74) is 0.434. The Bertz CT molecular complexity index is 3800. The summed E-state index contributed by atoms with van der Waals surface area (Å²) in [6.07, 6.45) is 0.354. The molecule has 3 aromatic rings. The van der Waals surface area contributed by atoms with Crippen LogP contribution in [0, 0.1) is 5.92 Å². The van der Waals surface area contributed by atoms with Crippen LogP contribution in [0.15, 0.2) is 85.2 Å². The number of carboxylic acids is 1. The minimum Gasteiger partial charge on any atom is -0.479 e. The van der Waals surface area contributed by atoms with Crippen molar-refractivity contribution in [3.63, 3.8) is 0 Å².